The molecule has 118 valence electrons. The van der Waals surface area contributed by atoms with Crippen LogP contribution in [0.15, 0.2) is 24.3 Å². The highest BCUT2D eigenvalue weighted by Crippen LogP contribution is 2.14. The second-order valence-electron chi connectivity index (χ2n) is 5.30. The zero-order valence-electron chi connectivity index (χ0n) is 13.3. The van der Waals surface area contributed by atoms with Crippen LogP contribution in [-0.2, 0) is 11.3 Å². The Labute approximate surface area is 128 Å². The standard InChI is InChI=1S/C17H28N2O2/c1-3-19(4-2)16-11-9-15(10-12-16)14-18-13-7-5-6-8-17(20)21/h9-12,18H,3-8,13-14H2,1-2H3,(H,20,21). The summed E-state index contributed by atoms with van der Waals surface area (Å²) in [5.41, 5.74) is 2.62. The van der Waals surface area contributed by atoms with Crippen molar-refractivity contribution >= 4 is 11.7 Å². The average Bonchev–Trinajstić information content (AvgIpc) is 2.48. The zero-order valence-corrected chi connectivity index (χ0v) is 13.3. The molecule has 0 heterocycles. The Morgan fingerprint density at radius 1 is 1.10 bits per heavy atom. The molecule has 0 aliphatic rings. The van der Waals surface area contributed by atoms with E-state index < -0.39 is 5.97 Å². The quantitative estimate of drug-likeness (QED) is 0.617. The lowest BCUT2D eigenvalue weighted by atomic mass is 10.1. The van der Waals surface area contributed by atoms with Crippen LogP contribution < -0.4 is 15.3 Å². The molecule has 21 heavy (non-hydrogen) atoms. The minimum Gasteiger partial charge on any atom is -0.550 e. The molecule has 0 spiro atoms. The van der Waals surface area contributed by atoms with E-state index in [1.807, 2.05) is 0 Å². The molecule has 4 nitrogen and oxygen atoms in total. The SMILES string of the molecule is CCN(CC)c1ccc(C[NH2+]CCCCCC(=O)[O-])cc1. The van der Waals surface area contributed by atoms with Crippen molar-refractivity contribution in [1.82, 2.24) is 0 Å². The molecule has 0 bridgehead atoms. The molecular formula is C17H28N2O2. The molecule has 0 aliphatic heterocycles. The molecule has 1 aromatic rings. The Morgan fingerprint density at radius 2 is 1.76 bits per heavy atom. The van der Waals surface area contributed by atoms with Gasteiger partial charge in [-0.05, 0) is 51.7 Å². The summed E-state index contributed by atoms with van der Waals surface area (Å²) in [5.74, 6) is -0.938. The van der Waals surface area contributed by atoms with Crippen molar-refractivity contribution in [2.45, 2.75) is 46.1 Å². The molecule has 4 heteroatoms. The molecule has 0 fully saturated rings. The highest BCUT2D eigenvalue weighted by Gasteiger charge is 2.02. The smallest absolute Gasteiger partial charge is 0.101 e. The van der Waals surface area contributed by atoms with E-state index in [-0.39, 0.29) is 6.42 Å². The number of carboxylic acids is 1. The summed E-state index contributed by atoms with van der Waals surface area (Å²) in [7, 11) is 0. The highest BCUT2D eigenvalue weighted by molar-refractivity contribution is 5.64. The first-order valence-corrected chi connectivity index (χ1v) is 8.02. The first-order valence-electron chi connectivity index (χ1n) is 8.02. The van der Waals surface area contributed by atoms with Gasteiger partial charge in [0.15, 0.2) is 0 Å². The second kappa shape index (κ2) is 10.2. The fraction of sp³-hybridized carbons (Fsp3) is 0.588. The monoisotopic (exact) mass is 292 g/mol. The predicted octanol–water partition coefficient (Wildman–Crippen LogP) is 0.907. The molecule has 1 rings (SSSR count). The lowest BCUT2D eigenvalue weighted by molar-refractivity contribution is -0.671. The van der Waals surface area contributed by atoms with E-state index >= 15 is 0 Å². The van der Waals surface area contributed by atoms with Gasteiger partial charge in [-0.1, -0.05) is 12.1 Å². The van der Waals surface area contributed by atoms with Crippen LogP contribution in [0.25, 0.3) is 0 Å². The third-order valence-electron chi connectivity index (χ3n) is 3.73. The van der Waals surface area contributed by atoms with E-state index in [1.54, 1.807) is 0 Å². The number of hydrogen-bond donors (Lipinski definition) is 1. The van der Waals surface area contributed by atoms with Crippen molar-refractivity contribution in [1.29, 1.82) is 0 Å². The molecule has 0 radical (unpaired) electrons. The van der Waals surface area contributed by atoms with Crippen molar-refractivity contribution in [3.63, 3.8) is 0 Å². The lowest BCUT2D eigenvalue weighted by Crippen LogP contribution is -2.82. The van der Waals surface area contributed by atoms with E-state index in [0.717, 1.165) is 45.4 Å². The second-order valence-corrected chi connectivity index (χ2v) is 5.30. The molecule has 0 saturated heterocycles. The Morgan fingerprint density at radius 3 is 2.33 bits per heavy atom. The van der Waals surface area contributed by atoms with E-state index in [4.69, 9.17) is 0 Å². The van der Waals surface area contributed by atoms with Gasteiger partial charge in [0.25, 0.3) is 0 Å². The van der Waals surface area contributed by atoms with Crippen LogP contribution in [-0.4, -0.2) is 25.6 Å². The van der Waals surface area contributed by atoms with Gasteiger partial charge in [0.1, 0.15) is 6.54 Å². The van der Waals surface area contributed by atoms with E-state index in [9.17, 15) is 9.90 Å². The number of rotatable bonds is 11. The van der Waals surface area contributed by atoms with Gasteiger partial charge in [-0.25, -0.2) is 0 Å². The number of nitrogens with zero attached hydrogens (tertiary/aromatic N) is 1. The van der Waals surface area contributed by atoms with Gasteiger partial charge in [-0.15, -0.1) is 0 Å². The van der Waals surface area contributed by atoms with Crippen molar-refractivity contribution in [2.24, 2.45) is 0 Å². The Bertz CT molecular complexity index is 400. The predicted molar refractivity (Wildman–Crippen MR) is 84.0 cm³/mol. The number of nitrogens with two attached hydrogens (primary N) is 1. The van der Waals surface area contributed by atoms with Crippen molar-refractivity contribution in [3.05, 3.63) is 29.8 Å². The van der Waals surface area contributed by atoms with Crippen LogP contribution in [0.3, 0.4) is 0 Å². The van der Waals surface area contributed by atoms with Crippen LogP contribution in [0.4, 0.5) is 5.69 Å². The summed E-state index contributed by atoms with van der Waals surface area (Å²) >= 11 is 0. The van der Waals surface area contributed by atoms with Gasteiger partial charge in [0.05, 0.1) is 6.54 Å². The minimum absolute atomic E-state index is 0.187. The largest absolute Gasteiger partial charge is 0.550 e. The number of anilines is 1. The molecule has 0 aliphatic carbocycles. The fourth-order valence-corrected chi connectivity index (χ4v) is 2.44. The van der Waals surface area contributed by atoms with Crippen molar-refractivity contribution in [2.75, 3.05) is 24.5 Å². The number of aliphatic carboxylic acids is 1. The van der Waals surface area contributed by atoms with Crippen LogP contribution in [0.2, 0.25) is 0 Å². The summed E-state index contributed by atoms with van der Waals surface area (Å²) < 4.78 is 0. The number of carboxylic acid groups (broad SMARTS) is 1. The highest BCUT2D eigenvalue weighted by atomic mass is 16.4. The lowest BCUT2D eigenvalue weighted by Gasteiger charge is -2.21. The van der Waals surface area contributed by atoms with Gasteiger partial charge in [0, 0.05) is 30.3 Å². The number of hydrogen-bond acceptors (Lipinski definition) is 3. The first-order chi connectivity index (χ1) is 10.2. The Hall–Kier alpha value is -1.55. The van der Waals surface area contributed by atoms with Crippen LogP contribution >= 0.6 is 0 Å². The molecule has 1 aromatic carbocycles. The van der Waals surface area contributed by atoms with Crippen LogP contribution in [0.5, 0.6) is 0 Å². The number of carbonyl (C=O) groups excluding carboxylic acids is 1. The molecule has 0 unspecified atom stereocenters. The molecule has 0 aromatic heterocycles. The number of quaternary nitrogens is 1. The maximum absolute atomic E-state index is 10.3. The van der Waals surface area contributed by atoms with Crippen LogP contribution in [0, 0.1) is 0 Å². The Balaban J connectivity index is 2.19. The summed E-state index contributed by atoms with van der Waals surface area (Å²) in [5, 5.41) is 12.6. The fourth-order valence-electron chi connectivity index (χ4n) is 2.44. The number of carbonyl (C=O) groups is 1. The van der Waals surface area contributed by atoms with Gasteiger partial charge in [-0.2, -0.15) is 0 Å². The normalized spacial score (nSPS) is 10.6. The van der Waals surface area contributed by atoms with Gasteiger partial charge in [0.2, 0.25) is 0 Å². The van der Waals surface area contributed by atoms with E-state index in [0.29, 0.717) is 0 Å². The number of benzene rings is 1. The van der Waals surface area contributed by atoms with Crippen molar-refractivity contribution in [3.8, 4) is 0 Å². The third kappa shape index (κ3) is 7.14. The van der Waals surface area contributed by atoms with Crippen LogP contribution in [0.1, 0.15) is 45.1 Å². The van der Waals surface area contributed by atoms with E-state index in [2.05, 4.69) is 48.3 Å². The third-order valence-corrected chi connectivity index (χ3v) is 3.73. The van der Waals surface area contributed by atoms with E-state index in [1.165, 1.54) is 11.3 Å². The average molecular weight is 292 g/mol. The summed E-state index contributed by atoms with van der Waals surface area (Å²) in [6, 6.07) is 8.77. The topological polar surface area (TPSA) is 60.0 Å². The Kier molecular flexibility index (Phi) is 8.51. The molecule has 0 amide bonds. The zero-order chi connectivity index (χ0) is 15.5. The minimum atomic E-state index is -0.938. The molecule has 0 atom stereocenters. The summed E-state index contributed by atoms with van der Waals surface area (Å²) in [6.45, 7) is 8.45. The van der Waals surface area contributed by atoms with Gasteiger partial charge in [-0.3, -0.25) is 0 Å². The maximum atomic E-state index is 10.3. The van der Waals surface area contributed by atoms with Gasteiger partial charge >= 0.3 is 0 Å². The maximum Gasteiger partial charge on any atom is 0.101 e. The molecule has 0 saturated carbocycles. The summed E-state index contributed by atoms with van der Waals surface area (Å²) in [4.78, 5) is 12.6. The molecule has 2 N–H and O–H groups in total. The number of unbranched alkanes of at least 4 members (excludes halogenated alkanes) is 2. The first kappa shape index (κ1) is 17.5. The molecular weight excluding hydrogens is 264 g/mol. The van der Waals surface area contributed by atoms with Crippen molar-refractivity contribution < 1.29 is 15.2 Å². The van der Waals surface area contributed by atoms with Gasteiger partial charge < -0.3 is 20.1 Å². The summed E-state index contributed by atoms with van der Waals surface area (Å²) in [6.07, 6.45) is 2.94.